The molecule has 2 heteroatoms. The molecule has 0 spiro atoms. The minimum Gasteiger partial charge on any atom is -0.313 e. The van der Waals surface area contributed by atoms with Crippen molar-refractivity contribution in [3.05, 3.63) is 0 Å². The lowest BCUT2D eigenvalue weighted by atomic mass is 9.81. The van der Waals surface area contributed by atoms with Crippen LogP contribution in [0.4, 0.5) is 0 Å². The Morgan fingerprint density at radius 1 is 1.12 bits per heavy atom. The van der Waals surface area contributed by atoms with E-state index in [1.807, 2.05) is 0 Å². The Balaban J connectivity index is 1.50. The minimum absolute atomic E-state index is 0.832. The van der Waals surface area contributed by atoms with E-state index < -0.39 is 0 Å². The lowest BCUT2D eigenvalue weighted by Gasteiger charge is -2.27. The first-order chi connectivity index (χ1) is 8.36. The number of hydrogen-bond donors (Lipinski definition) is 1. The van der Waals surface area contributed by atoms with Gasteiger partial charge < -0.3 is 5.32 Å². The molecule has 0 aromatic heterocycles. The summed E-state index contributed by atoms with van der Waals surface area (Å²) in [4.78, 5) is 0. The summed E-state index contributed by atoms with van der Waals surface area (Å²) in [5, 5.41) is 3.78. The van der Waals surface area contributed by atoms with Gasteiger partial charge in [0.05, 0.1) is 0 Å². The maximum absolute atomic E-state index is 3.78. The molecule has 1 aliphatic heterocycles. The highest BCUT2D eigenvalue weighted by molar-refractivity contribution is 7.99. The number of hydrogen-bond acceptors (Lipinski definition) is 2. The van der Waals surface area contributed by atoms with Crippen LogP contribution in [0.3, 0.4) is 0 Å². The summed E-state index contributed by atoms with van der Waals surface area (Å²) in [5.41, 5.74) is 0. The Labute approximate surface area is 111 Å². The SMILES string of the molecule is CCCNC1CSCC1CC1CC2CCC1C2. The van der Waals surface area contributed by atoms with Crippen LogP contribution in [0.1, 0.15) is 45.4 Å². The maximum Gasteiger partial charge on any atom is 0.0194 e. The maximum atomic E-state index is 3.78. The van der Waals surface area contributed by atoms with Gasteiger partial charge in [-0.15, -0.1) is 0 Å². The van der Waals surface area contributed by atoms with E-state index in [0.717, 1.165) is 29.7 Å². The molecule has 3 rings (SSSR count). The van der Waals surface area contributed by atoms with Gasteiger partial charge in [-0.05, 0) is 68.1 Å². The van der Waals surface area contributed by atoms with E-state index in [2.05, 4.69) is 24.0 Å². The molecule has 1 heterocycles. The zero-order valence-electron chi connectivity index (χ0n) is 11.2. The highest BCUT2D eigenvalue weighted by Gasteiger charge is 2.41. The highest BCUT2D eigenvalue weighted by atomic mass is 32.2. The number of fused-ring (bicyclic) bond motifs is 2. The van der Waals surface area contributed by atoms with Crippen molar-refractivity contribution < 1.29 is 0 Å². The Morgan fingerprint density at radius 3 is 2.76 bits per heavy atom. The van der Waals surface area contributed by atoms with Gasteiger partial charge in [0.25, 0.3) is 0 Å². The molecule has 1 N–H and O–H groups in total. The summed E-state index contributed by atoms with van der Waals surface area (Å²) in [7, 11) is 0. The van der Waals surface area contributed by atoms with Gasteiger partial charge >= 0.3 is 0 Å². The predicted molar refractivity (Wildman–Crippen MR) is 76.5 cm³/mol. The standard InChI is InChI=1S/C15H27NS/c1-2-5-16-15-10-17-9-14(15)8-13-7-11-3-4-12(13)6-11/h11-16H,2-10H2,1H3. The van der Waals surface area contributed by atoms with Crippen molar-refractivity contribution in [2.24, 2.45) is 23.7 Å². The minimum atomic E-state index is 0.832. The van der Waals surface area contributed by atoms with Gasteiger partial charge in [-0.25, -0.2) is 0 Å². The average molecular weight is 253 g/mol. The van der Waals surface area contributed by atoms with Crippen LogP contribution in [0.5, 0.6) is 0 Å². The fourth-order valence-corrected chi connectivity index (χ4v) is 5.89. The monoisotopic (exact) mass is 253 g/mol. The summed E-state index contributed by atoms with van der Waals surface area (Å²) in [6.45, 7) is 3.50. The molecule has 1 nitrogen and oxygen atoms in total. The van der Waals surface area contributed by atoms with E-state index in [1.54, 1.807) is 25.7 Å². The molecule has 0 amide bonds. The summed E-state index contributed by atoms with van der Waals surface area (Å²) >= 11 is 2.18. The third-order valence-corrected chi connectivity index (χ3v) is 6.60. The quantitative estimate of drug-likeness (QED) is 0.804. The van der Waals surface area contributed by atoms with Gasteiger partial charge in [0.15, 0.2) is 0 Å². The van der Waals surface area contributed by atoms with E-state index in [4.69, 9.17) is 0 Å². The Morgan fingerprint density at radius 2 is 2.06 bits per heavy atom. The smallest absolute Gasteiger partial charge is 0.0194 e. The van der Waals surface area contributed by atoms with Crippen LogP contribution in [-0.2, 0) is 0 Å². The molecule has 2 saturated carbocycles. The van der Waals surface area contributed by atoms with Crippen molar-refractivity contribution in [1.29, 1.82) is 0 Å². The first-order valence-corrected chi connectivity index (χ1v) is 8.83. The normalized spacial score (nSPS) is 44.6. The van der Waals surface area contributed by atoms with Gasteiger partial charge in [0.2, 0.25) is 0 Å². The highest BCUT2D eigenvalue weighted by Crippen LogP contribution is 2.51. The molecular weight excluding hydrogens is 226 g/mol. The molecule has 2 aliphatic carbocycles. The van der Waals surface area contributed by atoms with Gasteiger partial charge in [-0.2, -0.15) is 11.8 Å². The van der Waals surface area contributed by atoms with Crippen LogP contribution in [-0.4, -0.2) is 24.1 Å². The molecule has 3 aliphatic rings. The molecule has 0 aromatic carbocycles. The van der Waals surface area contributed by atoms with Crippen LogP contribution in [0.15, 0.2) is 0 Å². The van der Waals surface area contributed by atoms with Crippen molar-refractivity contribution >= 4 is 11.8 Å². The second-order valence-electron chi connectivity index (χ2n) is 6.53. The first-order valence-electron chi connectivity index (χ1n) is 7.68. The molecular formula is C15H27NS. The third kappa shape index (κ3) is 2.68. The van der Waals surface area contributed by atoms with Gasteiger partial charge in [-0.1, -0.05) is 13.3 Å². The molecule has 2 bridgehead atoms. The van der Waals surface area contributed by atoms with Crippen LogP contribution >= 0.6 is 11.8 Å². The zero-order chi connectivity index (χ0) is 11.7. The topological polar surface area (TPSA) is 12.0 Å². The zero-order valence-corrected chi connectivity index (χ0v) is 12.0. The predicted octanol–water partition coefficient (Wildman–Crippen LogP) is 3.54. The van der Waals surface area contributed by atoms with Crippen molar-refractivity contribution in [3.8, 4) is 0 Å². The molecule has 98 valence electrons. The lowest BCUT2D eigenvalue weighted by molar-refractivity contribution is 0.256. The molecule has 0 aromatic rings. The van der Waals surface area contributed by atoms with Crippen molar-refractivity contribution in [1.82, 2.24) is 5.32 Å². The number of rotatable bonds is 5. The third-order valence-electron chi connectivity index (χ3n) is 5.34. The van der Waals surface area contributed by atoms with E-state index >= 15 is 0 Å². The Kier molecular flexibility index (Phi) is 4.01. The van der Waals surface area contributed by atoms with Crippen molar-refractivity contribution in [2.45, 2.75) is 51.5 Å². The van der Waals surface area contributed by atoms with Crippen LogP contribution in [0.25, 0.3) is 0 Å². The summed E-state index contributed by atoms with van der Waals surface area (Å²) in [6, 6.07) is 0.832. The Hall–Kier alpha value is 0.310. The van der Waals surface area contributed by atoms with Crippen molar-refractivity contribution in [2.75, 3.05) is 18.1 Å². The largest absolute Gasteiger partial charge is 0.313 e. The van der Waals surface area contributed by atoms with Gasteiger partial charge in [-0.3, -0.25) is 0 Å². The molecule has 5 atom stereocenters. The Bertz CT molecular complexity index is 255. The van der Waals surface area contributed by atoms with Crippen LogP contribution < -0.4 is 5.32 Å². The summed E-state index contributed by atoms with van der Waals surface area (Å²) in [5.74, 6) is 7.12. The fraction of sp³-hybridized carbons (Fsp3) is 1.00. The second-order valence-corrected chi connectivity index (χ2v) is 7.60. The molecule has 5 unspecified atom stereocenters. The number of thioether (sulfide) groups is 1. The van der Waals surface area contributed by atoms with E-state index in [1.165, 1.54) is 30.9 Å². The number of nitrogens with one attached hydrogen (secondary N) is 1. The van der Waals surface area contributed by atoms with E-state index in [0.29, 0.717) is 0 Å². The van der Waals surface area contributed by atoms with Crippen molar-refractivity contribution in [3.63, 3.8) is 0 Å². The molecule has 0 radical (unpaired) electrons. The lowest BCUT2D eigenvalue weighted by Crippen LogP contribution is -2.37. The molecule has 3 fully saturated rings. The van der Waals surface area contributed by atoms with Crippen LogP contribution in [0, 0.1) is 23.7 Å². The summed E-state index contributed by atoms with van der Waals surface area (Å²) in [6.07, 6.45) is 9.09. The summed E-state index contributed by atoms with van der Waals surface area (Å²) < 4.78 is 0. The van der Waals surface area contributed by atoms with Crippen LogP contribution in [0.2, 0.25) is 0 Å². The molecule has 1 saturated heterocycles. The fourth-order valence-electron chi connectivity index (χ4n) is 4.44. The van der Waals surface area contributed by atoms with E-state index in [-0.39, 0.29) is 0 Å². The van der Waals surface area contributed by atoms with E-state index in [9.17, 15) is 0 Å². The van der Waals surface area contributed by atoms with Gasteiger partial charge in [0.1, 0.15) is 0 Å². The average Bonchev–Trinajstić information content (AvgIpc) is 3.02. The second kappa shape index (κ2) is 5.52. The molecule has 17 heavy (non-hydrogen) atoms. The van der Waals surface area contributed by atoms with Gasteiger partial charge in [0, 0.05) is 11.8 Å². The first kappa shape index (κ1) is 12.3.